The summed E-state index contributed by atoms with van der Waals surface area (Å²) in [5, 5.41) is 5.07. The van der Waals surface area contributed by atoms with Crippen molar-refractivity contribution in [3.05, 3.63) is 64.3 Å². The predicted octanol–water partition coefficient (Wildman–Crippen LogP) is 5.15. The third-order valence-corrected chi connectivity index (χ3v) is 4.85. The zero-order valence-corrected chi connectivity index (χ0v) is 13.7. The van der Waals surface area contributed by atoms with Gasteiger partial charge in [0, 0.05) is 32.8 Å². The average Bonchev–Trinajstić information content (AvgIpc) is 3.20. The molecule has 1 amide bonds. The number of aromatic amines is 1. The van der Waals surface area contributed by atoms with E-state index in [2.05, 4.69) is 10.3 Å². The fraction of sp³-hybridized carbons (Fsp3) is 0.167. The van der Waals surface area contributed by atoms with Gasteiger partial charge in [-0.3, -0.25) is 4.79 Å². The quantitative estimate of drug-likeness (QED) is 0.678. The lowest BCUT2D eigenvalue weighted by Crippen LogP contribution is -2.27. The summed E-state index contributed by atoms with van der Waals surface area (Å²) in [7, 11) is 0. The molecule has 116 valence electrons. The molecular weight excluding hydrogens is 331 g/mol. The predicted molar refractivity (Wildman–Crippen MR) is 94.3 cm³/mol. The number of carbonyl (C=O) groups is 1. The van der Waals surface area contributed by atoms with Gasteiger partial charge in [0.05, 0.1) is 5.41 Å². The van der Waals surface area contributed by atoms with Gasteiger partial charge in [-0.25, -0.2) is 0 Å². The molecule has 1 aliphatic rings. The number of benzene rings is 2. The number of rotatable bonds is 3. The minimum Gasteiger partial charge on any atom is -0.361 e. The third-order valence-electron chi connectivity index (χ3n) is 4.41. The van der Waals surface area contributed by atoms with E-state index >= 15 is 0 Å². The summed E-state index contributed by atoms with van der Waals surface area (Å²) >= 11 is 12.0. The number of H-pyrrole nitrogens is 1. The number of aromatic nitrogens is 1. The molecule has 1 saturated carbocycles. The smallest absolute Gasteiger partial charge is 0.235 e. The van der Waals surface area contributed by atoms with Gasteiger partial charge in [0.15, 0.2) is 0 Å². The average molecular weight is 345 g/mol. The monoisotopic (exact) mass is 344 g/mol. The number of anilines is 1. The first-order chi connectivity index (χ1) is 11.1. The van der Waals surface area contributed by atoms with E-state index in [0.717, 1.165) is 29.3 Å². The van der Waals surface area contributed by atoms with Crippen LogP contribution in [0.4, 0.5) is 5.69 Å². The van der Waals surface area contributed by atoms with Crippen LogP contribution >= 0.6 is 23.2 Å². The van der Waals surface area contributed by atoms with E-state index in [9.17, 15) is 4.79 Å². The van der Waals surface area contributed by atoms with E-state index in [1.807, 2.05) is 30.5 Å². The molecule has 4 rings (SSSR count). The van der Waals surface area contributed by atoms with Crippen LogP contribution in [0.1, 0.15) is 18.4 Å². The summed E-state index contributed by atoms with van der Waals surface area (Å²) < 4.78 is 0. The summed E-state index contributed by atoms with van der Waals surface area (Å²) in [6, 6.07) is 13.1. The van der Waals surface area contributed by atoms with E-state index in [0.29, 0.717) is 15.7 Å². The molecule has 2 N–H and O–H groups in total. The molecule has 1 aromatic heterocycles. The Morgan fingerprint density at radius 2 is 1.78 bits per heavy atom. The lowest BCUT2D eigenvalue weighted by Gasteiger charge is -2.15. The fourth-order valence-corrected chi connectivity index (χ4v) is 3.61. The molecule has 0 atom stereocenters. The van der Waals surface area contributed by atoms with Crippen molar-refractivity contribution in [3.63, 3.8) is 0 Å². The number of fused-ring (bicyclic) bond motifs is 1. The van der Waals surface area contributed by atoms with Crippen molar-refractivity contribution < 1.29 is 4.79 Å². The van der Waals surface area contributed by atoms with Crippen LogP contribution in [-0.4, -0.2) is 10.9 Å². The van der Waals surface area contributed by atoms with Crippen LogP contribution in [0.5, 0.6) is 0 Å². The summed E-state index contributed by atoms with van der Waals surface area (Å²) in [6.45, 7) is 0. The van der Waals surface area contributed by atoms with Crippen LogP contribution in [0.3, 0.4) is 0 Å². The van der Waals surface area contributed by atoms with Gasteiger partial charge < -0.3 is 10.3 Å². The summed E-state index contributed by atoms with van der Waals surface area (Å²) in [5.74, 6) is -0.0133. The second kappa shape index (κ2) is 5.29. The van der Waals surface area contributed by atoms with Gasteiger partial charge in [0.1, 0.15) is 0 Å². The Bertz CT molecular complexity index is 892. The second-order valence-electron chi connectivity index (χ2n) is 5.94. The maximum Gasteiger partial charge on any atom is 0.235 e. The molecule has 0 radical (unpaired) electrons. The molecule has 23 heavy (non-hydrogen) atoms. The topological polar surface area (TPSA) is 44.9 Å². The number of carbonyl (C=O) groups excluding carboxylic acids is 1. The van der Waals surface area contributed by atoms with Crippen molar-refractivity contribution in [2.75, 3.05) is 5.32 Å². The summed E-state index contributed by atoms with van der Waals surface area (Å²) in [6.07, 6.45) is 3.63. The van der Waals surface area contributed by atoms with Crippen LogP contribution in [0, 0.1) is 0 Å². The van der Waals surface area contributed by atoms with Gasteiger partial charge in [-0.1, -0.05) is 41.4 Å². The highest BCUT2D eigenvalue weighted by molar-refractivity contribution is 6.35. The first-order valence-corrected chi connectivity index (χ1v) is 8.18. The highest BCUT2D eigenvalue weighted by Crippen LogP contribution is 2.51. The molecule has 0 unspecified atom stereocenters. The Balaban J connectivity index is 1.67. The van der Waals surface area contributed by atoms with E-state index in [1.165, 1.54) is 0 Å². The van der Waals surface area contributed by atoms with Crippen LogP contribution in [0.15, 0.2) is 48.7 Å². The number of amides is 1. The lowest BCUT2D eigenvalue weighted by molar-refractivity contribution is -0.118. The van der Waals surface area contributed by atoms with Gasteiger partial charge in [0.2, 0.25) is 5.91 Å². The largest absolute Gasteiger partial charge is 0.361 e. The normalized spacial score (nSPS) is 15.6. The Hall–Kier alpha value is -1.97. The minimum atomic E-state index is -0.464. The number of hydrogen-bond acceptors (Lipinski definition) is 1. The molecule has 0 spiro atoms. The summed E-state index contributed by atoms with van der Waals surface area (Å²) in [5.41, 5.74) is 2.26. The minimum absolute atomic E-state index is 0.0133. The van der Waals surface area contributed by atoms with Crippen molar-refractivity contribution in [3.8, 4) is 0 Å². The Kier molecular flexibility index (Phi) is 3.36. The molecule has 3 nitrogen and oxygen atoms in total. The van der Waals surface area contributed by atoms with E-state index in [1.54, 1.807) is 18.2 Å². The SMILES string of the molecule is O=C(Nc1cc(Cl)cc(Cl)c1)C1(c2c[nH]c3ccccc23)CC1. The Morgan fingerprint density at radius 1 is 1.09 bits per heavy atom. The van der Waals surface area contributed by atoms with Crippen LogP contribution in [0.2, 0.25) is 10.0 Å². The Morgan fingerprint density at radius 3 is 2.48 bits per heavy atom. The zero-order chi connectivity index (χ0) is 16.0. The van der Waals surface area contributed by atoms with Crippen LogP contribution in [0.25, 0.3) is 10.9 Å². The van der Waals surface area contributed by atoms with Gasteiger partial charge >= 0.3 is 0 Å². The lowest BCUT2D eigenvalue weighted by atomic mass is 9.94. The number of halogens is 2. The molecule has 1 fully saturated rings. The number of para-hydroxylation sites is 1. The van der Waals surface area contributed by atoms with Crippen LogP contribution < -0.4 is 5.32 Å². The first kappa shape index (κ1) is 14.6. The van der Waals surface area contributed by atoms with Crippen LogP contribution in [-0.2, 0) is 10.2 Å². The molecule has 1 heterocycles. The van der Waals surface area contributed by atoms with E-state index in [4.69, 9.17) is 23.2 Å². The van der Waals surface area contributed by atoms with Crippen molar-refractivity contribution in [2.24, 2.45) is 0 Å². The molecule has 0 aliphatic heterocycles. The first-order valence-electron chi connectivity index (χ1n) is 7.43. The molecule has 0 saturated heterocycles. The maximum atomic E-state index is 12.9. The summed E-state index contributed by atoms with van der Waals surface area (Å²) in [4.78, 5) is 16.1. The van der Waals surface area contributed by atoms with Gasteiger partial charge in [-0.05, 0) is 42.7 Å². The molecule has 1 aliphatic carbocycles. The maximum absolute atomic E-state index is 12.9. The molecule has 0 bridgehead atoms. The van der Waals surface area contributed by atoms with E-state index in [-0.39, 0.29) is 5.91 Å². The van der Waals surface area contributed by atoms with Gasteiger partial charge in [-0.2, -0.15) is 0 Å². The molecule has 5 heteroatoms. The molecular formula is C18H14Cl2N2O. The zero-order valence-electron chi connectivity index (χ0n) is 12.2. The highest BCUT2D eigenvalue weighted by Gasteiger charge is 2.52. The van der Waals surface area contributed by atoms with E-state index < -0.39 is 5.41 Å². The number of hydrogen-bond donors (Lipinski definition) is 2. The molecule has 2 aromatic carbocycles. The Labute approximate surface area is 143 Å². The van der Waals surface area contributed by atoms with Gasteiger partial charge in [0.25, 0.3) is 0 Å². The number of nitrogens with one attached hydrogen (secondary N) is 2. The highest BCUT2D eigenvalue weighted by atomic mass is 35.5. The third kappa shape index (κ3) is 2.50. The second-order valence-corrected chi connectivity index (χ2v) is 6.82. The van der Waals surface area contributed by atoms with Crippen molar-refractivity contribution in [1.29, 1.82) is 0 Å². The van der Waals surface area contributed by atoms with Crippen molar-refractivity contribution >= 4 is 45.7 Å². The van der Waals surface area contributed by atoms with Crippen molar-refractivity contribution in [2.45, 2.75) is 18.3 Å². The standard InChI is InChI=1S/C18H14Cl2N2O/c19-11-7-12(20)9-13(8-11)22-17(23)18(5-6-18)15-10-21-16-4-2-1-3-14(15)16/h1-4,7-10,21H,5-6H2,(H,22,23). The fourth-order valence-electron chi connectivity index (χ4n) is 3.09. The van der Waals surface area contributed by atoms with Crippen molar-refractivity contribution in [1.82, 2.24) is 4.98 Å². The van der Waals surface area contributed by atoms with Gasteiger partial charge in [-0.15, -0.1) is 0 Å². The molecule has 3 aromatic rings.